The predicted molar refractivity (Wildman–Crippen MR) is 73.3 cm³/mol. The number of aromatic nitrogens is 2. The molecule has 3 rings (SSSR count). The first-order chi connectivity index (χ1) is 9.25. The second-order valence-corrected chi connectivity index (χ2v) is 5.17. The van der Waals surface area contributed by atoms with E-state index in [4.69, 9.17) is 0 Å². The molecular weight excluding hydrogens is 241 g/mol. The normalized spacial score (nSPS) is 18.9. The Hall–Kier alpha value is -1.68. The third-order valence-corrected chi connectivity index (χ3v) is 3.87. The van der Waals surface area contributed by atoms with E-state index in [9.17, 15) is 4.39 Å². The van der Waals surface area contributed by atoms with Crippen molar-refractivity contribution in [1.29, 1.82) is 0 Å². The summed E-state index contributed by atoms with van der Waals surface area (Å²) in [6.07, 6.45) is 3.91. The molecule has 0 bridgehead atoms. The van der Waals surface area contributed by atoms with Crippen molar-refractivity contribution < 1.29 is 4.39 Å². The number of rotatable bonds is 3. The topological polar surface area (TPSA) is 29.9 Å². The lowest BCUT2D eigenvalue weighted by molar-refractivity contribution is 0.549. The lowest BCUT2D eigenvalue weighted by atomic mass is 9.97. The summed E-state index contributed by atoms with van der Waals surface area (Å²) < 4.78 is 15.8. The van der Waals surface area contributed by atoms with E-state index < -0.39 is 0 Å². The van der Waals surface area contributed by atoms with Crippen molar-refractivity contribution in [2.75, 3.05) is 13.1 Å². The Kier molecular flexibility index (Phi) is 3.34. The molecule has 0 saturated carbocycles. The van der Waals surface area contributed by atoms with Crippen LogP contribution in [0.2, 0.25) is 0 Å². The standard InChI is InChI=1S/C15H18FN3/c1-19-15(8-11-6-7-17-9-11)13(10-18-19)12-4-2-3-5-14(12)16/h2-5,10-11,17H,6-9H2,1H3. The minimum absolute atomic E-state index is 0.179. The highest BCUT2D eigenvalue weighted by Crippen LogP contribution is 2.28. The van der Waals surface area contributed by atoms with Gasteiger partial charge in [0.25, 0.3) is 0 Å². The fourth-order valence-electron chi connectivity index (χ4n) is 2.77. The number of hydrogen-bond acceptors (Lipinski definition) is 2. The van der Waals surface area contributed by atoms with Gasteiger partial charge < -0.3 is 5.32 Å². The molecule has 1 atom stereocenters. The highest BCUT2D eigenvalue weighted by atomic mass is 19.1. The van der Waals surface area contributed by atoms with E-state index in [2.05, 4.69) is 10.4 Å². The van der Waals surface area contributed by atoms with Crippen molar-refractivity contribution in [3.05, 3.63) is 42.0 Å². The Bertz CT molecular complexity index is 571. The number of nitrogens with one attached hydrogen (secondary N) is 1. The third kappa shape index (κ3) is 2.40. The molecule has 2 heterocycles. The summed E-state index contributed by atoms with van der Waals surface area (Å²) in [5.74, 6) is 0.447. The largest absolute Gasteiger partial charge is 0.316 e. The average molecular weight is 259 g/mol. The molecule has 0 aliphatic carbocycles. The second kappa shape index (κ2) is 5.13. The van der Waals surface area contributed by atoms with Gasteiger partial charge in [-0.05, 0) is 37.9 Å². The van der Waals surface area contributed by atoms with Crippen molar-refractivity contribution in [2.24, 2.45) is 13.0 Å². The molecule has 3 nitrogen and oxygen atoms in total. The van der Waals surface area contributed by atoms with Crippen molar-refractivity contribution in [3.8, 4) is 11.1 Å². The molecule has 0 radical (unpaired) electrons. The molecule has 1 aromatic heterocycles. The third-order valence-electron chi connectivity index (χ3n) is 3.87. The number of nitrogens with zero attached hydrogens (tertiary/aromatic N) is 2. The van der Waals surface area contributed by atoms with Gasteiger partial charge in [-0.3, -0.25) is 4.68 Å². The Morgan fingerprint density at radius 1 is 1.37 bits per heavy atom. The highest BCUT2D eigenvalue weighted by molar-refractivity contribution is 5.66. The van der Waals surface area contributed by atoms with E-state index in [0.717, 1.165) is 30.8 Å². The van der Waals surface area contributed by atoms with E-state index in [0.29, 0.717) is 11.5 Å². The van der Waals surface area contributed by atoms with E-state index in [1.165, 1.54) is 12.5 Å². The Balaban J connectivity index is 1.96. The van der Waals surface area contributed by atoms with Gasteiger partial charge in [-0.1, -0.05) is 18.2 Å². The molecule has 0 spiro atoms. The Labute approximate surface area is 112 Å². The van der Waals surface area contributed by atoms with Crippen LogP contribution in [0.5, 0.6) is 0 Å². The summed E-state index contributed by atoms with van der Waals surface area (Å²) in [5, 5.41) is 7.68. The van der Waals surface area contributed by atoms with E-state index in [-0.39, 0.29) is 5.82 Å². The summed E-state index contributed by atoms with van der Waals surface area (Å²) in [5.41, 5.74) is 2.70. The first kappa shape index (κ1) is 12.4. The lowest BCUT2D eigenvalue weighted by Crippen LogP contribution is -2.13. The van der Waals surface area contributed by atoms with Crippen LogP contribution >= 0.6 is 0 Å². The van der Waals surface area contributed by atoms with Gasteiger partial charge in [0.15, 0.2) is 0 Å². The zero-order valence-electron chi connectivity index (χ0n) is 11.1. The smallest absolute Gasteiger partial charge is 0.131 e. The Morgan fingerprint density at radius 2 is 2.21 bits per heavy atom. The van der Waals surface area contributed by atoms with Crippen LogP contribution in [0.1, 0.15) is 12.1 Å². The van der Waals surface area contributed by atoms with Crippen LogP contribution in [0.3, 0.4) is 0 Å². The average Bonchev–Trinajstić information content (AvgIpc) is 3.03. The molecule has 4 heteroatoms. The fourth-order valence-corrected chi connectivity index (χ4v) is 2.77. The van der Waals surface area contributed by atoms with Gasteiger partial charge in [0, 0.05) is 23.9 Å². The highest BCUT2D eigenvalue weighted by Gasteiger charge is 2.20. The summed E-state index contributed by atoms with van der Waals surface area (Å²) in [6.45, 7) is 2.12. The summed E-state index contributed by atoms with van der Waals surface area (Å²) >= 11 is 0. The zero-order valence-corrected chi connectivity index (χ0v) is 11.1. The number of benzene rings is 1. The first-order valence-electron chi connectivity index (χ1n) is 6.72. The lowest BCUT2D eigenvalue weighted by Gasteiger charge is -2.11. The van der Waals surface area contributed by atoms with Crippen molar-refractivity contribution in [1.82, 2.24) is 15.1 Å². The SMILES string of the molecule is Cn1ncc(-c2ccccc2F)c1CC1CCNC1. The molecule has 1 aromatic carbocycles. The quantitative estimate of drug-likeness (QED) is 0.917. The second-order valence-electron chi connectivity index (χ2n) is 5.17. The molecule has 1 saturated heterocycles. The molecule has 100 valence electrons. The van der Waals surface area contributed by atoms with Crippen LogP contribution in [0.25, 0.3) is 11.1 Å². The van der Waals surface area contributed by atoms with Crippen LogP contribution in [-0.4, -0.2) is 22.9 Å². The van der Waals surface area contributed by atoms with Gasteiger partial charge in [0.1, 0.15) is 5.82 Å². The summed E-state index contributed by atoms with van der Waals surface area (Å²) in [4.78, 5) is 0. The zero-order chi connectivity index (χ0) is 13.2. The maximum Gasteiger partial charge on any atom is 0.131 e. The monoisotopic (exact) mass is 259 g/mol. The molecule has 1 N–H and O–H groups in total. The van der Waals surface area contributed by atoms with Crippen LogP contribution in [0.15, 0.2) is 30.5 Å². The van der Waals surface area contributed by atoms with Crippen LogP contribution in [-0.2, 0) is 13.5 Å². The molecule has 1 fully saturated rings. The van der Waals surface area contributed by atoms with Crippen molar-refractivity contribution >= 4 is 0 Å². The van der Waals surface area contributed by atoms with Gasteiger partial charge in [0.2, 0.25) is 0 Å². The summed E-state index contributed by atoms with van der Waals surface area (Å²) in [6, 6.07) is 6.91. The maximum atomic E-state index is 13.9. The van der Waals surface area contributed by atoms with Gasteiger partial charge in [-0.25, -0.2) is 4.39 Å². The fraction of sp³-hybridized carbons (Fsp3) is 0.400. The van der Waals surface area contributed by atoms with Crippen LogP contribution in [0.4, 0.5) is 4.39 Å². The van der Waals surface area contributed by atoms with Gasteiger partial charge in [-0.2, -0.15) is 5.10 Å². The van der Waals surface area contributed by atoms with E-state index in [1.807, 2.05) is 23.9 Å². The molecule has 1 unspecified atom stereocenters. The van der Waals surface area contributed by atoms with E-state index >= 15 is 0 Å². The molecule has 0 amide bonds. The molecule has 1 aliphatic heterocycles. The predicted octanol–water partition coefficient (Wildman–Crippen LogP) is 2.38. The van der Waals surface area contributed by atoms with Gasteiger partial charge in [0.05, 0.1) is 6.20 Å². The van der Waals surface area contributed by atoms with Crippen LogP contribution in [0, 0.1) is 11.7 Å². The van der Waals surface area contributed by atoms with Crippen molar-refractivity contribution in [3.63, 3.8) is 0 Å². The molecule has 19 heavy (non-hydrogen) atoms. The first-order valence-corrected chi connectivity index (χ1v) is 6.72. The van der Waals surface area contributed by atoms with Crippen LogP contribution < -0.4 is 5.32 Å². The van der Waals surface area contributed by atoms with Gasteiger partial charge >= 0.3 is 0 Å². The van der Waals surface area contributed by atoms with Crippen molar-refractivity contribution in [2.45, 2.75) is 12.8 Å². The minimum atomic E-state index is -0.179. The van der Waals surface area contributed by atoms with Gasteiger partial charge in [-0.15, -0.1) is 0 Å². The molecule has 1 aliphatic rings. The minimum Gasteiger partial charge on any atom is -0.316 e. The Morgan fingerprint density at radius 3 is 2.95 bits per heavy atom. The molecular formula is C15H18FN3. The molecule has 2 aromatic rings. The number of halogens is 1. The van der Waals surface area contributed by atoms with E-state index in [1.54, 1.807) is 12.3 Å². The summed E-state index contributed by atoms with van der Waals surface area (Å²) in [7, 11) is 1.93. The maximum absolute atomic E-state index is 13.9. The number of aryl methyl sites for hydroxylation is 1. The number of hydrogen-bond donors (Lipinski definition) is 1.